The minimum atomic E-state index is -4.82. The molecule has 0 spiro atoms. The maximum Gasteiger partial charge on any atom is 0.453 e. The van der Waals surface area contributed by atoms with Crippen LogP contribution >= 0.6 is 0 Å². The lowest BCUT2D eigenvalue weighted by Crippen LogP contribution is -2.12. The van der Waals surface area contributed by atoms with E-state index in [4.69, 9.17) is 5.26 Å². The van der Waals surface area contributed by atoms with Crippen molar-refractivity contribution in [2.75, 3.05) is 0 Å². The van der Waals surface area contributed by atoms with E-state index < -0.39 is 23.7 Å². The Morgan fingerprint density at radius 2 is 1.64 bits per heavy atom. The van der Waals surface area contributed by atoms with Gasteiger partial charge in [-0.3, -0.25) is 0 Å². The minimum absolute atomic E-state index is 0.0424. The molecular formula is C14H5F6N5. The van der Waals surface area contributed by atoms with Crippen LogP contribution in [0.4, 0.5) is 26.3 Å². The SMILES string of the molecule is N#Cc1cc(C(F)(F)F)ccc1-c1ccc2nnc(C(F)(F)F)n2n1. The summed E-state index contributed by atoms with van der Waals surface area (Å²) >= 11 is 0. The summed E-state index contributed by atoms with van der Waals surface area (Å²) in [5.41, 5.74) is -1.78. The van der Waals surface area contributed by atoms with Gasteiger partial charge in [0.25, 0.3) is 5.82 Å². The smallest absolute Gasteiger partial charge is 0.192 e. The summed E-state index contributed by atoms with van der Waals surface area (Å²) < 4.78 is 77.2. The summed E-state index contributed by atoms with van der Waals surface area (Å²) in [6.07, 6.45) is -9.47. The highest BCUT2D eigenvalue weighted by atomic mass is 19.4. The summed E-state index contributed by atoms with van der Waals surface area (Å²) in [6.45, 7) is 0. The Morgan fingerprint density at radius 1 is 0.920 bits per heavy atom. The van der Waals surface area contributed by atoms with Crippen LogP contribution in [0.3, 0.4) is 0 Å². The summed E-state index contributed by atoms with van der Waals surface area (Å²) in [7, 11) is 0. The predicted molar refractivity (Wildman–Crippen MR) is 70.9 cm³/mol. The van der Waals surface area contributed by atoms with Crippen molar-refractivity contribution >= 4 is 5.65 Å². The maximum absolute atomic E-state index is 12.9. The number of nitrogens with zero attached hydrogens (tertiary/aromatic N) is 5. The highest BCUT2D eigenvalue weighted by Gasteiger charge is 2.38. The number of rotatable bonds is 1. The van der Waals surface area contributed by atoms with Crippen LogP contribution in [0.25, 0.3) is 16.9 Å². The Bertz CT molecular complexity index is 996. The van der Waals surface area contributed by atoms with Crippen molar-refractivity contribution in [1.82, 2.24) is 19.8 Å². The number of alkyl halides is 6. The van der Waals surface area contributed by atoms with Gasteiger partial charge in [-0.05, 0) is 24.3 Å². The summed E-state index contributed by atoms with van der Waals surface area (Å²) in [6, 6.07) is 6.31. The quantitative estimate of drug-likeness (QED) is 0.623. The van der Waals surface area contributed by atoms with Gasteiger partial charge in [0.1, 0.15) is 0 Å². The van der Waals surface area contributed by atoms with Gasteiger partial charge >= 0.3 is 12.4 Å². The van der Waals surface area contributed by atoms with Crippen LogP contribution in [-0.4, -0.2) is 19.8 Å². The molecule has 3 rings (SSSR count). The average Bonchev–Trinajstić information content (AvgIpc) is 2.96. The van der Waals surface area contributed by atoms with E-state index in [2.05, 4.69) is 15.3 Å². The highest BCUT2D eigenvalue weighted by molar-refractivity contribution is 5.68. The van der Waals surface area contributed by atoms with Gasteiger partial charge in [-0.2, -0.15) is 41.2 Å². The molecule has 11 heteroatoms. The topological polar surface area (TPSA) is 66.9 Å². The first kappa shape index (κ1) is 16.7. The minimum Gasteiger partial charge on any atom is -0.192 e. The first-order chi connectivity index (χ1) is 11.6. The molecule has 3 aromatic rings. The number of halogens is 6. The number of hydrogen-bond acceptors (Lipinski definition) is 4. The number of hydrogen-bond donors (Lipinski definition) is 0. The lowest BCUT2D eigenvalue weighted by molar-refractivity contribution is -0.146. The van der Waals surface area contributed by atoms with E-state index in [9.17, 15) is 26.3 Å². The Balaban J connectivity index is 2.18. The van der Waals surface area contributed by atoms with Crippen LogP contribution in [0, 0.1) is 11.3 Å². The molecular weight excluding hydrogens is 352 g/mol. The van der Waals surface area contributed by atoms with Gasteiger partial charge < -0.3 is 0 Å². The third-order valence-electron chi connectivity index (χ3n) is 3.26. The first-order valence-electron chi connectivity index (χ1n) is 6.52. The molecule has 128 valence electrons. The lowest BCUT2D eigenvalue weighted by Gasteiger charge is -2.10. The van der Waals surface area contributed by atoms with Gasteiger partial charge in [-0.15, -0.1) is 10.2 Å². The molecule has 0 saturated heterocycles. The van der Waals surface area contributed by atoms with Crippen LogP contribution in [0.1, 0.15) is 17.0 Å². The van der Waals surface area contributed by atoms with E-state index in [1.807, 2.05) is 0 Å². The zero-order valence-corrected chi connectivity index (χ0v) is 11.9. The van der Waals surface area contributed by atoms with Crippen LogP contribution in [-0.2, 0) is 12.4 Å². The van der Waals surface area contributed by atoms with Crippen molar-refractivity contribution in [2.45, 2.75) is 12.4 Å². The molecule has 0 unspecified atom stereocenters. The van der Waals surface area contributed by atoms with Crippen LogP contribution in [0.2, 0.25) is 0 Å². The largest absolute Gasteiger partial charge is 0.453 e. The maximum atomic E-state index is 12.9. The molecule has 0 saturated carbocycles. The van der Waals surface area contributed by atoms with E-state index in [1.165, 1.54) is 12.1 Å². The molecule has 0 fully saturated rings. The predicted octanol–water partition coefficient (Wildman–Crippen LogP) is 3.70. The molecule has 0 radical (unpaired) electrons. The summed E-state index contributed by atoms with van der Waals surface area (Å²) in [5, 5.41) is 19.1. The van der Waals surface area contributed by atoms with Crippen LogP contribution in [0.5, 0.6) is 0 Å². The number of nitriles is 1. The zero-order chi connectivity index (χ0) is 18.4. The van der Waals surface area contributed by atoms with Crippen molar-refractivity contribution in [3.05, 3.63) is 47.3 Å². The third kappa shape index (κ3) is 2.98. The fraction of sp³-hybridized carbons (Fsp3) is 0.143. The molecule has 0 bridgehead atoms. The summed E-state index contributed by atoms with van der Waals surface area (Å²) in [4.78, 5) is 0. The van der Waals surface area contributed by atoms with Crippen LogP contribution in [0.15, 0.2) is 30.3 Å². The Morgan fingerprint density at radius 3 is 2.24 bits per heavy atom. The van der Waals surface area contributed by atoms with Crippen molar-refractivity contribution in [2.24, 2.45) is 0 Å². The van der Waals surface area contributed by atoms with E-state index in [1.54, 1.807) is 6.07 Å². The molecule has 1 aromatic carbocycles. The molecule has 0 aliphatic heterocycles. The zero-order valence-electron chi connectivity index (χ0n) is 11.9. The molecule has 2 aromatic heterocycles. The van der Waals surface area contributed by atoms with Crippen molar-refractivity contribution < 1.29 is 26.3 Å². The second-order valence-electron chi connectivity index (χ2n) is 4.88. The van der Waals surface area contributed by atoms with Gasteiger partial charge in [-0.25, -0.2) is 0 Å². The van der Waals surface area contributed by atoms with E-state index in [0.29, 0.717) is 10.6 Å². The van der Waals surface area contributed by atoms with Gasteiger partial charge in [0.05, 0.1) is 22.9 Å². The normalized spacial score (nSPS) is 12.4. The number of benzene rings is 1. The van der Waals surface area contributed by atoms with Crippen molar-refractivity contribution in [3.63, 3.8) is 0 Å². The lowest BCUT2D eigenvalue weighted by atomic mass is 10.0. The fourth-order valence-electron chi connectivity index (χ4n) is 2.15. The summed E-state index contributed by atoms with van der Waals surface area (Å²) in [5.74, 6) is -1.38. The Kier molecular flexibility index (Phi) is 3.63. The molecule has 25 heavy (non-hydrogen) atoms. The molecule has 0 N–H and O–H groups in total. The molecule has 0 aliphatic carbocycles. The van der Waals surface area contributed by atoms with Gasteiger partial charge in [0.2, 0.25) is 0 Å². The number of fused-ring (bicyclic) bond motifs is 1. The van der Waals surface area contributed by atoms with Gasteiger partial charge in [0, 0.05) is 5.56 Å². The molecule has 2 heterocycles. The fourth-order valence-corrected chi connectivity index (χ4v) is 2.15. The second-order valence-corrected chi connectivity index (χ2v) is 4.88. The van der Waals surface area contributed by atoms with E-state index in [-0.39, 0.29) is 22.5 Å². The van der Waals surface area contributed by atoms with Crippen molar-refractivity contribution in [1.29, 1.82) is 5.26 Å². The molecule has 5 nitrogen and oxygen atoms in total. The Hall–Kier alpha value is -3.16. The van der Waals surface area contributed by atoms with Gasteiger partial charge in [-0.1, -0.05) is 6.07 Å². The standard InChI is InChI=1S/C14H5F6N5/c15-13(16,17)8-1-2-9(7(5-8)6-21)10-3-4-11-22-23-12(14(18,19)20)25(11)24-10/h1-5H. The Labute approximate surface area is 135 Å². The van der Waals surface area contributed by atoms with Crippen molar-refractivity contribution in [3.8, 4) is 17.3 Å². The monoisotopic (exact) mass is 357 g/mol. The number of aromatic nitrogens is 4. The van der Waals surface area contributed by atoms with E-state index in [0.717, 1.165) is 12.1 Å². The molecule has 0 amide bonds. The third-order valence-corrected chi connectivity index (χ3v) is 3.26. The second kappa shape index (κ2) is 5.44. The first-order valence-corrected chi connectivity index (χ1v) is 6.52. The highest BCUT2D eigenvalue weighted by Crippen LogP contribution is 2.33. The molecule has 0 atom stereocenters. The molecule has 0 aliphatic rings. The van der Waals surface area contributed by atoms with E-state index >= 15 is 0 Å². The van der Waals surface area contributed by atoms with Crippen LogP contribution < -0.4 is 0 Å². The van der Waals surface area contributed by atoms with Gasteiger partial charge in [0.15, 0.2) is 5.65 Å². The average molecular weight is 357 g/mol.